The molecule has 0 radical (unpaired) electrons. The second-order valence-electron chi connectivity index (χ2n) is 7.82. The van der Waals surface area contributed by atoms with Gasteiger partial charge in [-0.3, -0.25) is 9.89 Å². The monoisotopic (exact) mass is 450 g/mol. The molecule has 9 heteroatoms. The van der Waals surface area contributed by atoms with Crippen LogP contribution < -0.4 is 5.32 Å². The fourth-order valence-corrected chi connectivity index (χ4v) is 4.28. The zero-order valence-corrected chi connectivity index (χ0v) is 18.4. The summed E-state index contributed by atoms with van der Waals surface area (Å²) in [6, 6.07) is 4.56. The fourth-order valence-electron chi connectivity index (χ4n) is 4.10. The van der Waals surface area contributed by atoms with Gasteiger partial charge < -0.3 is 19.5 Å². The quantitative estimate of drug-likeness (QED) is 0.641. The maximum atomic E-state index is 13.5. The summed E-state index contributed by atoms with van der Waals surface area (Å²) in [6.45, 7) is 5.19. The molecule has 31 heavy (non-hydrogen) atoms. The number of hydrogen-bond donors (Lipinski definition) is 1. The molecule has 3 aliphatic rings. The van der Waals surface area contributed by atoms with Crippen molar-refractivity contribution in [2.75, 3.05) is 51.9 Å². The zero-order chi connectivity index (χ0) is 21.6. The van der Waals surface area contributed by atoms with Crippen molar-refractivity contribution in [1.29, 1.82) is 0 Å². The SMILES string of the molecule is COC1=C(OCCCN2CCOCC2)CC2C(Nc3ccc(F)c(Cl)c3)=NC=NC2C1. The Balaban J connectivity index is 1.37. The van der Waals surface area contributed by atoms with E-state index >= 15 is 0 Å². The van der Waals surface area contributed by atoms with Crippen LogP contribution in [0, 0.1) is 11.7 Å². The minimum atomic E-state index is -0.449. The Morgan fingerprint density at radius 1 is 1.26 bits per heavy atom. The first kappa shape index (κ1) is 22.0. The highest BCUT2D eigenvalue weighted by Crippen LogP contribution is 2.35. The van der Waals surface area contributed by atoms with E-state index in [1.807, 2.05) is 0 Å². The van der Waals surface area contributed by atoms with Crippen LogP contribution in [0.15, 0.2) is 39.7 Å². The summed E-state index contributed by atoms with van der Waals surface area (Å²) < 4.78 is 30.7. The summed E-state index contributed by atoms with van der Waals surface area (Å²) in [6.07, 6.45) is 3.81. The summed E-state index contributed by atoms with van der Waals surface area (Å²) in [4.78, 5) is 11.4. The summed E-state index contributed by atoms with van der Waals surface area (Å²) in [7, 11) is 1.67. The van der Waals surface area contributed by atoms with Crippen molar-refractivity contribution in [3.05, 3.63) is 40.6 Å². The predicted octanol–water partition coefficient (Wildman–Crippen LogP) is 3.71. The molecular weight excluding hydrogens is 423 g/mol. The molecule has 1 fully saturated rings. The fraction of sp³-hybridized carbons (Fsp3) is 0.545. The van der Waals surface area contributed by atoms with Gasteiger partial charge in [-0.2, -0.15) is 0 Å². The Labute approximate surface area is 186 Å². The molecule has 0 amide bonds. The van der Waals surface area contributed by atoms with Gasteiger partial charge >= 0.3 is 0 Å². The number of nitrogens with one attached hydrogen (secondary N) is 1. The van der Waals surface area contributed by atoms with Crippen molar-refractivity contribution in [2.24, 2.45) is 15.9 Å². The summed E-state index contributed by atoms with van der Waals surface area (Å²) in [5.41, 5.74) is 0.689. The number of hydrogen-bond acceptors (Lipinski definition) is 7. The van der Waals surface area contributed by atoms with Gasteiger partial charge in [0.2, 0.25) is 0 Å². The van der Waals surface area contributed by atoms with Crippen LogP contribution in [0.2, 0.25) is 5.02 Å². The van der Waals surface area contributed by atoms with Gasteiger partial charge in [-0.1, -0.05) is 11.6 Å². The number of allylic oxidation sites excluding steroid dienone is 1. The van der Waals surface area contributed by atoms with E-state index in [-0.39, 0.29) is 17.0 Å². The number of anilines is 1. The lowest BCUT2D eigenvalue weighted by Crippen LogP contribution is -2.38. The Bertz CT molecular complexity index is 870. The van der Waals surface area contributed by atoms with Crippen LogP contribution in [0.5, 0.6) is 0 Å². The zero-order valence-electron chi connectivity index (χ0n) is 17.7. The number of aliphatic imine (C=N–C) groups is 2. The molecule has 1 saturated heterocycles. The number of morpholine rings is 1. The standard InChI is InChI=1S/C22H28ClFN4O3/c1-29-20-13-19-16(12-21(20)31-8-2-5-28-6-9-30-10-7-28)22(26-14-25-19)27-15-3-4-18(24)17(23)11-15/h3-4,11,14,16,19H,2,5-10,12-13H2,1H3,(H,25,26,27). The average Bonchev–Trinajstić information content (AvgIpc) is 2.79. The minimum Gasteiger partial charge on any atom is -0.498 e. The van der Waals surface area contributed by atoms with Crippen LogP contribution in [-0.2, 0) is 14.2 Å². The van der Waals surface area contributed by atoms with Gasteiger partial charge in [0.15, 0.2) is 0 Å². The molecule has 2 unspecified atom stereocenters. The summed E-state index contributed by atoms with van der Waals surface area (Å²) in [5.74, 6) is 2.05. The lowest BCUT2D eigenvalue weighted by Gasteiger charge is -2.34. The normalized spacial score (nSPS) is 23.9. The minimum absolute atomic E-state index is 0.0200. The number of nitrogens with zero attached hydrogens (tertiary/aromatic N) is 3. The molecule has 168 valence electrons. The molecule has 2 heterocycles. The van der Waals surface area contributed by atoms with Crippen molar-refractivity contribution < 1.29 is 18.6 Å². The van der Waals surface area contributed by atoms with Crippen molar-refractivity contribution >= 4 is 29.5 Å². The van der Waals surface area contributed by atoms with E-state index in [4.69, 9.17) is 25.8 Å². The first-order valence-corrected chi connectivity index (χ1v) is 11.0. The topological polar surface area (TPSA) is 67.7 Å². The number of rotatable bonds is 7. The molecule has 2 aliphatic heterocycles. The lowest BCUT2D eigenvalue weighted by molar-refractivity contribution is 0.0335. The average molecular weight is 451 g/mol. The number of amidine groups is 1. The van der Waals surface area contributed by atoms with Gasteiger partial charge in [0.1, 0.15) is 29.5 Å². The maximum absolute atomic E-state index is 13.5. The molecule has 1 N–H and O–H groups in total. The Kier molecular flexibility index (Phi) is 7.42. The van der Waals surface area contributed by atoms with E-state index < -0.39 is 5.82 Å². The van der Waals surface area contributed by atoms with Gasteiger partial charge in [-0.05, 0) is 24.6 Å². The predicted molar refractivity (Wildman–Crippen MR) is 119 cm³/mol. The highest BCUT2D eigenvalue weighted by molar-refractivity contribution is 6.31. The molecule has 0 bridgehead atoms. The molecular formula is C22H28ClFN4O3. The number of halogens is 2. The van der Waals surface area contributed by atoms with Crippen molar-refractivity contribution in [3.8, 4) is 0 Å². The van der Waals surface area contributed by atoms with E-state index in [0.717, 1.165) is 56.6 Å². The van der Waals surface area contributed by atoms with E-state index in [0.29, 0.717) is 25.1 Å². The molecule has 4 rings (SSSR count). The molecule has 0 saturated carbocycles. The highest BCUT2D eigenvalue weighted by atomic mass is 35.5. The van der Waals surface area contributed by atoms with Gasteiger partial charge in [-0.25, -0.2) is 9.38 Å². The van der Waals surface area contributed by atoms with Crippen molar-refractivity contribution in [3.63, 3.8) is 0 Å². The second kappa shape index (κ2) is 10.4. The first-order valence-electron chi connectivity index (χ1n) is 10.6. The third kappa shape index (κ3) is 5.56. The smallest absolute Gasteiger partial charge is 0.141 e. The molecule has 1 aromatic rings. The molecule has 1 aliphatic carbocycles. The van der Waals surface area contributed by atoms with Crippen molar-refractivity contribution in [1.82, 2.24) is 4.90 Å². The van der Waals surface area contributed by atoms with Crippen LogP contribution in [-0.4, -0.2) is 69.7 Å². The maximum Gasteiger partial charge on any atom is 0.141 e. The molecule has 2 atom stereocenters. The van der Waals surface area contributed by atoms with E-state index in [1.54, 1.807) is 25.6 Å². The van der Waals surface area contributed by atoms with Gasteiger partial charge in [-0.15, -0.1) is 0 Å². The van der Waals surface area contributed by atoms with Crippen LogP contribution in [0.4, 0.5) is 10.1 Å². The van der Waals surface area contributed by atoms with E-state index in [9.17, 15) is 4.39 Å². The van der Waals surface area contributed by atoms with Crippen molar-refractivity contribution in [2.45, 2.75) is 25.3 Å². The van der Waals surface area contributed by atoms with Crippen LogP contribution in [0.3, 0.4) is 0 Å². The van der Waals surface area contributed by atoms with E-state index in [2.05, 4.69) is 20.2 Å². The second-order valence-corrected chi connectivity index (χ2v) is 8.23. The number of ether oxygens (including phenoxy) is 3. The number of fused-ring (bicyclic) bond motifs is 1. The number of methoxy groups -OCH3 is 1. The van der Waals surface area contributed by atoms with E-state index in [1.165, 1.54) is 6.07 Å². The van der Waals surface area contributed by atoms with Crippen LogP contribution >= 0.6 is 11.6 Å². The third-order valence-electron chi connectivity index (χ3n) is 5.82. The van der Waals surface area contributed by atoms with Crippen LogP contribution in [0.25, 0.3) is 0 Å². The number of benzene rings is 1. The van der Waals surface area contributed by atoms with Gasteiger partial charge in [0.25, 0.3) is 0 Å². The molecule has 0 spiro atoms. The summed E-state index contributed by atoms with van der Waals surface area (Å²) in [5, 5.41) is 3.35. The third-order valence-corrected chi connectivity index (χ3v) is 6.11. The first-order chi connectivity index (χ1) is 15.1. The van der Waals surface area contributed by atoms with Gasteiger partial charge in [0.05, 0.1) is 38.0 Å². The summed E-state index contributed by atoms with van der Waals surface area (Å²) >= 11 is 5.92. The Morgan fingerprint density at radius 3 is 2.87 bits per heavy atom. The Hall–Kier alpha value is -2.16. The lowest BCUT2D eigenvalue weighted by atomic mass is 9.85. The van der Waals surface area contributed by atoms with Gasteiger partial charge in [0, 0.05) is 44.1 Å². The van der Waals surface area contributed by atoms with Crippen LogP contribution in [0.1, 0.15) is 19.3 Å². The largest absolute Gasteiger partial charge is 0.498 e. The molecule has 0 aromatic heterocycles. The molecule has 1 aromatic carbocycles. The Morgan fingerprint density at radius 2 is 2.10 bits per heavy atom. The molecule has 7 nitrogen and oxygen atoms in total. The highest BCUT2D eigenvalue weighted by Gasteiger charge is 2.36.